The van der Waals surface area contributed by atoms with Crippen LogP contribution in [0.15, 0.2) is 36.4 Å². The molecule has 0 saturated carbocycles. The van der Waals surface area contributed by atoms with Crippen LogP contribution in [0.5, 0.6) is 0 Å². The summed E-state index contributed by atoms with van der Waals surface area (Å²) < 4.78 is 0. The lowest BCUT2D eigenvalue weighted by atomic mass is 9.81. The van der Waals surface area contributed by atoms with Crippen molar-refractivity contribution in [2.24, 2.45) is 0 Å². The van der Waals surface area contributed by atoms with Gasteiger partial charge in [-0.2, -0.15) is 0 Å². The summed E-state index contributed by atoms with van der Waals surface area (Å²) in [5.74, 6) is 0. The van der Waals surface area contributed by atoms with Crippen LogP contribution in [0.25, 0.3) is 0 Å². The summed E-state index contributed by atoms with van der Waals surface area (Å²) in [5.41, 5.74) is 1.39. The van der Waals surface area contributed by atoms with Crippen LogP contribution in [0.3, 0.4) is 0 Å². The summed E-state index contributed by atoms with van der Waals surface area (Å²) in [6, 6.07) is 12.7. The van der Waals surface area contributed by atoms with Crippen molar-refractivity contribution in [2.45, 2.75) is 25.2 Å². The molecule has 0 saturated heterocycles. The van der Waals surface area contributed by atoms with Crippen LogP contribution < -0.4 is 0 Å². The second-order valence-corrected chi connectivity index (χ2v) is 7.76. The first kappa shape index (κ1) is 16.5. The van der Waals surface area contributed by atoms with Crippen molar-refractivity contribution in [3.05, 3.63) is 56.7 Å². The minimum Gasteiger partial charge on any atom is -0.145 e. The molecule has 0 amide bonds. The van der Waals surface area contributed by atoms with Gasteiger partial charge in [-0.05, 0) is 42.7 Å². The number of thiophene rings is 1. The fraction of sp³-hybridized carbons (Fsp3) is 0.375. The van der Waals surface area contributed by atoms with E-state index in [4.69, 9.17) is 11.6 Å². The Morgan fingerprint density at radius 1 is 1.00 bits per heavy atom. The fourth-order valence-corrected chi connectivity index (χ4v) is 5.43. The number of hydrogen-bond donors (Lipinski definition) is 0. The molecule has 20 heavy (non-hydrogen) atoms. The van der Waals surface area contributed by atoms with Crippen LogP contribution in [0.4, 0.5) is 0 Å². The Labute approximate surface area is 146 Å². The van der Waals surface area contributed by atoms with Gasteiger partial charge in [0.1, 0.15) is 0 Å². The first-order chi connectivity index (χ1) is 9.63. The normalized spacial score (nSPS) is 11.8. The van der Waals surface area contributed by atoms with Crippen molar-refractivity contribution >= 4 is 54.8 Å². The summed E-state index contributed by atoms with van der Waals surface area (Å²) in [6.45, 7) is 2.21. The molecule has 108 valence electrons. The molecule has 0 unspecified atom stereocenters. The van der Waals surface area contributed by atoms with Crippen LogP contribution >= 0.6 is 54.8 Å². The second kappa shape index (κ2) is 7.44. The highest BCUT2D eigenvalue weighted by atomic mass is 79.9. The molecule has 0 spiro atoms. The van der Waals surface area contributed by atoms with E-state index in [0.29, 0.717) is 0 Å². The lowest BCUT2D eigenvalue weighted by Crippen LogP contribution is -2.32. The summed E-state index contributed by atoms with van der Waals surface area (Å²) in [5, 5.41) is 2.63. The van der Waals surface area contributed by atoms with Gasteiger partial charge in [0.25, 0.3) is 0 Å². The van der Waals surface area contributed by atoms with Gasteiger partial charge in [-0.1, -0.05) is 62.5 Å². The molecule has 2 aromatic rings. The zero-order valence-electron chi connectivity index (χ0n) is 11.3. The SMILES string of the molecule is CCc1ccc(CC(CBr)(CBr)c2ccc(Cl)cc2)s1. The molecule has 0 radical (unpaired) electrons. The molecule has 4 heteroatoms. The summed E-state index contributed by atoms with van der Waals surface area (Å²) in [4.78, 5) is 2.89. The van der Waals surface area contributed by atoms with Gasteiger partial charge < -0.3 is 0 Å². The van der Waals surface area contributed by atoms with Gasteiger partial charge in [0.05, 0.1) is 0 Å². The predicted octanol–water partition coefficient (Wildman–Crippen LogP) is 6.23. The molecule has 0 nitrogen and oxygen atoms in total. The maximum absolute atomic E-state index is 6.01. The van der Waals surface area contributed by atoms with Gasteiger partial charge in [-0.3, -0.25) is 0 Å². The Morgan fingerprint density at radius 3 is 2.10 bits per heavy atom. The number of hydrogen-bond acceptors (Lipinski definition) is 1. The van der Waals surface area contributed by atoms with Crippen molar-refractivity contribution in [1.82, 2.24) is 0 Å². The Morgan fingerprint density at radius 2 is 1.60 bits per heavy atom. The Bertz CT molecular complexity index is 544. The van der Waals surface area contributed by atoms with E-state index in [1.807, 2.05) is 23.5 Å². The third kappa shape index (κ3) is 3.68. The third-order valence-electron chi connectivity index (χ3n) is 3.55. The van der Waals surface area contributed by atoms with Crippen molar-refractivity contribution in [3.63, 3.8) is 0 Å². The van der Waals surface area contributed by atoms with E-state index in [1.54, 1.807) is 0 Å². The van der Waals surface area contributed by atoms with Gasteiger partial charge in [-0.25, -0.2) is 0 Å². The molecule has 0 aliphatic heterocycles. The predicted molar refractivity (Wildman–Crippen MR) is 98.1 cm³/mol. The highest BCUT2D eigenvalue weighted by Crippen LogP contribution is 2.35. The zero-order chi connectivity index (χ0) is 14.6. The molecule has 0 bridgehead atoms. The maximum atomic E-state index is 6.01. The summed E-state index contributed by atoms with van der Waals surface area (Å²) in [7, 11) is 0. The second-order valence-electron chi connectivity index (χ2n) is 4.95. The quantitative estimate of drug-likeness (QED) is 0.471. The molecule has 2 rings (SSSR count). The van der Waals surface area contributed by atoms with Gasteiger partial charge in [0.15, 0.2) is 0 Å². The molecular formula is C16H17Br2ClS. The van der Waals surface area contributed by atoms with E-state index in [0.717, 1.165) is 28.5 Å². The van der Waals surface area contributed by atoms with Crippen molar-refractivity contribution in [2.75, 3.05) is 10.7 Å². The number of aryl methyl sites for hydroxylation is 1. The van der Waals surface area contributed by atoms with Crippen LogP contribution in [-0.2, 0) is 18.3 Å². The van der Waals surface area contributed by atoms with Crippen LogP contribution in [-0.4, -0.2) is 10.7 Å². The number of halogens is 3. The first-order valence-electron chi connectivity index (χ1n) is 6.59. The van der Waals surface area contributed by atoms with Crippen molar-refractivity contribution in [3.8, 4) is 0 Å². The first-order valence-corrected chi connectivity index (χ1v) is 10.0. The smallest absolute Gasteiger partial charge is 0.0406 e. The molecular weight excluding hydrogens is 420 g/mol. The van der Waals surface area contributed by atoms with Gasteiger partial charge >= 0.3 is 0 Å². The largest absolute Gasteiger partial charge is 0.145 e. The molecule has 0 fully saturated rings. The number of benzene rings is 1. The molecule has 0 N–H and O–H groups in total. The highest BCUT2D eigenvalue weighted by Gasteiger charge is 2.31. The van der Waals surface area contributed by atoms with E-state index in [-0.39, 0.29) is 5.41 Å². The molecule has 1 aromatic heterocycles. The number of rotatable bonds is 6. The van der Waals surface area contributed by atoms with Crippen molar-refractivity contribution in [1.29, 1.82) is 0 Å². The summed E-state index contributed by atoms with van der Waals surface area (Å²) in [6.07, 6.45) is 2.15. The molecule has 1 aromatic carbocycles. The van der Waals surface area contributed by atoms with Crippen molar-refractivity contribution < 1.29 is 0 Å². The minimum atomic E-state index is 0.0699. The highest BCUT2D eigenvalue weighted by molar-refractivity contribution is 9.09. The monoisotopic (exact) mass is 434 g/mol. The zero-order valence-corrected chi connectivity index (χ0v) is 16.1. The Hall–Kier alpha value is 0.170. The Kier molecular flexibility index (Phi) is 6.15. The average molecular weight is 437 g/mol. The molecule has 1 heterocycles. The van der Waals surface area contributed by atoms with Crippen LogP contribution in [0.1, 0.15) is 22.2 Å². The van der Waals surface area contributed by atoms with Gasteiger partial charge in [-0.15, -0.1) is 11.3 Å². The molecule has 0 aliphatic carbocycles. The lowest BCUT2D eigenvalue weighted by molar-refractivity contribution is 0.556. The minimum absolute atomic E-state index is 0.0699. The van der Waals surface area contributed by atoms with Crippen LogP contribution in [0, 0.1) is 0 Å². The average Bonchev–Trinajstić information content (AvgIpc) is 2.93. The summed E-state index contributed by atoms with van der Waals surface area (Å²) >= 11 is 15.4. The molecule has 0 aliphatic rings. The van der Waals surface area contributed by atoms with E-state index in [2.05, 4.69) is 63.0 Å². The Balaban J connectivity index is 2.31. The van der Waals surface area contributed by atoms with Gasteiger partial charge in [0.2, 0.25) is 0 Å². The van der Waals surface area contributed by atoms with E-state index in [9.17, 15) is 0 Å². The lowest BCUT2D eigenvalue weighted by Gasteiger charge is -2.30. The van der Waals surface area contributed by atoms with E-state index < -0.39 is 0 Å². The number of alkyl halides is 2. The molecule has 0 atom stereocenters. The van der Waals surface area contributed by atoms with E-state index >= 15 is 0 Å². The topological polar surface area (TPSA) is 0 Å². The standard InChI is InChI=1S/C16H17Br2ClS/c1-2-14-7-8-15(20-14)9-16(10-17,11-18)12-3-5-13(19)6-4-12/h3-8H,2,9-11H2,1H3. The van der Waals surface area contributed by atoms with Gasteiger partial charge in [0, 0.05) is 30.9 Å². The maximum Gasteiger partial charge on any atom is 0.0406 e. The van der Waals surface area contributed by atoms with E-state index in [1.165, 1.54) is 15.3 Å². The van der Waals surface area contributed by atoms with Crippen LogP contribution in [0.2, 0.25) is 5.02 Å². The fourth-order valence-electron chi connectivity index (χ4n) is 2.23. The third-order valence-corrected chi connectivity index (χ3v) is 7.17.